The minimum atomic E-state index is -1.19. The Morgan fingerprint density at radius 1 is 1.53 bits per heavy atom. The van der Waals surface area contributed by atoms with Crippen molar-refractivity contribution in [1.29, 1.82) is 0 Å². The summed E-state index contributed by atoms with van der Waals surface area (Å²) in [5.41, 5.74) is -0.911. The Hall–Kier alpha value is -1.32. The van der Waals surface area contributed by atoms with E-state index in [9.17, 15) is 9.59 Å². The standard InChI is InChI=1S/C11H16O4/c1-6(2)9(12)15-11(5)7(3)8(4)14-10(11)13/h7-8H,1H2,2-5H3. The van der Waals surface area contributed by atoms with Crippen LogP contribution in [0.1, 0.15) is 27.7 Å². The summed E-state index contributed by atoms with van der Waals surface area (Å²) in [6.07, 6.45) is -0.236. The first kappa shape index (κ1) is 11.8. The smallest absolute Gasteiger partial charge is 0.351 e. The highest BCUT2D eigenvalue weighted by atomic mass is 16.6. The zero-order valence-electron chi connectivity index (χ0n) is 9.49. The highest BCUT2D eigenvalue weighted by Gasteiger charge is 2.53. The summed E-state index contributed by atoms with van der Waals surface area (Å²) in [6, 6.07) is 0. The van der Waals surface area contributed by atoms with E-state index in [-0.39, 0.29) is 17.6 Å². The average molecular weight is 212 g/mol. The Morgan fingerprint density at radius 3 is 2.40 bits per heavy atom. The van der Waals surface area contributed by atoms with E-state index in [1.807, 2.05) is 6.92 Å². The molecule has 0 aromatic rings. The van der Waals surface area contributed by atoms with Crippen LogP contribution in [-0.2, 0) is 19.1 Å². The number of carbonyl (C=O) groups is 2. The Labute approximate surface area is 89.2 Å². The second-order valence-corrected chi connectivity index (χ2v) is 4.18. The van der Waals surface area contributed by atoms with E-state index in [1.165, 1.54) is 0 Å². The minimum Gasteiger partial charge on any atom is -0.459 e. The largest absolute Gasteiger partial charge is 0.459 e. The van der Waals surface area contributed by atoms with E-state index in [4.69, 9.17) is 9.47 Å². The summed E-state index contributed by atoms with van der Waals surface area (Å²) >= 11 is 0. The molecule has 0 aromatic carbocycles. The Morgan fingerprint density at radius 2 is 2.07 bits per heavy atom. The number of hydrogen-bond donors (Lipinski definition) is 0. The molecule has 1 aliphatic rings. The van der Waals surface area contributed by atoms with Gasteiger partial charge < -0.3 is 9.47 Å². The molecular formula is C11H16O4. The van der Waals surface area contributed by atoms with Gasteiger partial charge in [0.2, 0.25) is 5.60 Å². The topological polar surface area (TPSA) is 52.6 Å². The van der Waals surface area contributed by atoms with Crippen LogP contribution in [0.3, 0.4) is 0 Å². The zero-order chi connectivity index (χ0) is 11.8. The van der Waals surface area contributed by atoms with E-state index in [1.54, 1.807) is 20.8 Å². The van der Waals surface area contributed by atoms with Gasteiger partial charge in [-0.15, -0.1) is 0 Å². The maximum Gasteiger partial charge on any atom is 0.351 e. The van der Waals surface area contributed by atoms with Gasteiger partial charge in [0, 0.05) is 11.5 Å². The molecule has 4 heteroatoms. The van der Waals surface area contributed by atoms with Gasteiger partial charge >= 0.3 is 11.9 Å². The third kappa shape index (κ3) is 1.89. The van der Waals surface area contributed by atoms with Gasteiger partial charge in [0.15, 0.2) is 0 Å². The monoisotopic (exact) mass is 212 g/mol. The van der Waals surface area contributed by atoms with Crippen molar-refractivity contribution >= 4 is 11.9 Å². The molecule has 84 valence electrons. The quantitative estimate of drug-likeness (QED) is 0.513. The van der Waals surface area contributed by atoms with Crippen molar-refractivity contribution in [2.75, 3.05) is 0 Å². The van der Waals surface area contributed by atoms with Crippen molar-refractivity contribution in [2.45, 2.75) is 39.4 Å². The Balaban J connectivity index is 2.87. The van der Waals surface area contributed by atoms with Gasteiger partial charge in [0.05, 0.1) is 0 Å². The van der Waals surface area contributed by atoms with Gasteiger partial charge in [0.1, 0.15) is 6.10 Å². The third-order valence-electron chi connectivity index (χ3n) is 2.92. The molecule has 15 heavy (non-hydrogen) atoms. The number of ether oxygens (including phenoxy) is 2. The second kappa shape index (κ2) is 3.68. The predicted molar refractivity (Wildman–Crippen MR) is 54.0 cm³/mol. The molecule has 0 spiro atoms. The number of cyclic esters (lactones) is 1. The molecule has 0 aromatic heterocycles. The number of hydrogen-bond acceptors (Lipinski definition) is 4. The van der Waals surface area contributed by atoms with Crippen LogP contribution in [0.5, 0.6) is 0 Å². The summed E-state index contributed by atoms with van der Waals surface area (Å²) in [4.78, 5) is 22.9. The number of esters is 2. The van der Waals surface area contributed by atoms with Crippen molar-refractivity contribution in [3.63, 3.8) is 0 Å². The van der Waals surface area contributed by atoms with Crippen molar-refractivity contribution in [3.8, 4) is 0 Å². The van der Waals surface area contributed by atoms with Crippen molar-refractivity contribution in [3.05, 3.63) is 12.2 Å². The summed E-state index contributed by atoms with van der Waals surface area (Å²) in [5, 5.41) is 0. The SMILES string of the molecule is C=C(C)C(=O)OC1(C)C(=O)OC(C)C1C. The van der Waals surface area contributed by atoms with E-state index in [0.29, 0.717) is 0 Å². The average Bonchev–Trinajstić information content (AvgIpc) is 2.31. The fraction of sp³-hybridized carbons (Fsp3) is 0.636. The lowest BCUT2D eigenvalue weighted by atomic mass is 9.90. The molecule has 1 fully saturated rings. The predicted octanol–water partition coefficient (Wildman–Crippen LogP) is 1.45. The van der Waals surface area contributed by atoms with Gasteiger partial charge in [0.25, 0.3) is 0 Å². The normalized spacial score (nSPS) is 34.8. The van der Waals surface area contributed by atoms with E-state index in [2.05, 4.69) is 6.58 Å². The maximum atomic E-state index is 11.5. The summed E-state index contributed by atoms with van der Waals surface area (Å²) in [5.74, 6) is -1.21. The summed E-state index contributed by atoms with van der Waals surface area (Å²) in [7, 11) is 0. The maximum absolute atomic E-state index is 11.5. The van der Waals surface area contributed by atoms with Gasteiger partial charge in [-0.05, 0) is 20.8 Å². The van der Waals surface area contributed by atoms with Crippen LogP contribution in [-0.4, -0.2) is 23.6 Å². The number of carbonyl (C=O) groups excluding carboxylic acids is 2. The van der Waals surface area contributed by atoms with Crippen LogP contribution in [0.4, 0.5) is 0 Å². The molecule has 3 unspecified atom stereocenters. The molecule has 0 saturated carbocycles. The lowest BCUT2D eigenvalue weighted by Crippen LogP contribution is -2.42. The molecule has 0 aliphatic carbocycles. The fourth-order valence-electron chi connectivity index (χ4n) is 1.44. The number of rotatable bonds is 2. The Kier molecular flexibility index (Phi) is 2.88. The second-order valence-electron chi connectivity index (χ2n) is 4.18. The highest BCUT2D eigenvalue weighted by molar-refractivity contribution is 5.91. The van der Waals surface area contributed by atoms with Crippen LogP contribution >= 0.6 is 0 Å². The van der Waals surface area contributed by atoms with Crippen molar-refractivity contribution < 1.29 is 19.1 Å². The first-order valence-electron chi connectivity index (χ1n) is 4.89. The van der Waals surface area contributed by atoms with Crippen molar-refractivity contribution in [1.82, 2.24) is 0 Å². The van der Waals surface area contributed by atoms with Crippen LogP contribution in [0.15, 0.2) is 12.2 Å². The molecule has 1 aliphatic heterocycles. The molecule has 0 amide bonds. The minimum absolute atomic E-state index is 0.159. The lowest BCUT2D eigenvalue weighted by Gasteiger charge is -2.25. The van der Waals surface area contributed by atoms with E-state index < -0.39 is 17.5 Å². The molecule has 0 N–H and O–H groups in total. The van der Waals surface area contributed by atoms with Crippen LogP contribution in [0, 0.1) is 5.92 Å². The molecule has 1 heterocycles. The fourth-order valence-corrected chi connectivity index (χ4v) is 1.44. The molecule has 1 saturated heterocycles. The van der Waals surface area contributed by atoms with Gasteiger partial charge in [-0.2, -0.15) is 0 Å². The van der Waals surface area contributed by atoms with E-state index in [0.717, 1.165) is 0 Å². The zero-order valence-corrected chi connectivity index (χ0v) is 9.49. The van der Waals surface area contributed by atoms with Gasteiger partial charge in [-0.25, -0.2) is 9.59 Å². The molecule has 0 bridgehead atoms. The molecule has 0 radical (unpaired) electrons. The lowest BCUT2D eigenvalue weighted by molar-refractivity contribution is -0.170. The summed E-state index contributed by atoms with van der Waals surface area (Å²) in [6.45, 7) is 10.2. The van der Waals surface area contributed by atoms with Crippen LogP contribution in [0.25, 0.3) is 0 Å². The van der Waals surface area contributed by atoms with Crippen LogP contribution in [0.2, 0.25) is 0 Å². The highest BCUT2D eigenvalue weighted by Crippen LogP contribution is 2.35. The first-order valence-corrected chi connectivity index (χ1v) is 4.89. The van der Waals surface area contributed by atoms with Crippen LogP contribution < -0.4 is 0 Å². The third-order valence-corrected chi connectivity index (χ3v) is 2.92. The first-order chi connectivity index (χ1) is 6.79. The molecule has 3 atom stereocenters. The van der Waals surface area contributed by atoms with Gasteiger partial charge in [-0.1, -0.05) is 13.5 Å². The van der Waals surface area contributed by atoms with Gasteiger partial charge in [-0.3, -0.25) is 0 Å². The van der Waals surface area contributed by atoms with Crippen molar-refractivity contribution in [2.24, 2.45) is 5.92 Å². The molecular weight excluding hydrogens is 196 g/mol. The van der Waals surface area contributed by atoms with E-state index >= 15 is 0 Å². The summed E-state index contributed by atoms with van der Waals surface area (Å²) < 4.78 is 10.2. The molecule has 4 nitrogen and oxygen atoms in total. The Bertz CT molecular complexity index is 321. The molecule has 1 rings (SSSR count).